The van der Waals surface area contributed by atoms with Crippen LogP contribution in [0.3, 0.4) is 0 Å². The fourth-order valence-corrected chi connectivity index (χ4v) is 1.29. The highest BCUT2D eigenvalue weighted by Gasteiger charge is 2.10. The van der Waals surface area contributed by atoms with Gasteiger partial charge < -0.3 is 10.1 Å². The molecule has 1 atom stereocenters. The van der Waals surface area contributed by atoms with Crippen molar-refractivity contribution in [3.63, 3.8) is 0 Å². The van der Waals surface area contributed by atoms with Crippen LogP contribution in [0.4, 0.5) is 0 Å². The minimum Gasteiger partial charge on any atom is -0.383 e. The van der Waals surface area contributed by atoms with Gasteiger partial charge >= 0.3 is 0 Å². The van der Waals surface area contributed by atoms with Gasteiger partial charge in [-0.2, -0.15) is 0 Å². The lowest BCUT2D eigenvalue weighted by Gasteiger charge is -2.27. The molecule has 0 heterocycles. The van der Waals surface area contributed by atoms with Gasteiger partial charge in [0.15, 0.2) is 0 Å². The van der Waals surface area contributed by atoms with Gasteiger partial charge in [0.05, 0.1) is 6.61 Å². The molecule has 0 aromatic carbocycles. The summed E-state index contributed by atoms with van der Waals surface area (Å²) in [7, 11) is 3.70. The molecule has 0 aromatic heterocycles. The van der Waals surface area contributed by atoms with E-state index < -0.39 is 0 Å². The first-order valence-corrected chi connectivity index (χ1v) is 4.74. The maximum Gasteiger partial charge on any atom is 0.0589 e. The van der Waals surface area contributed by atoms with Crippen LogP contribution < -0.4 is 5.32 Å². The van der Waals surface area contributed by atoms with Crippen molar-refractivity contribution >= 4 is 0 Å². The van der Waals surface area contributed by atoms with E-state index >= 15 is 0 Å². The Kier molecular flexibility index (Phi) is 7.99. The fourth-order valence-electron chi connectivity index (χ4n) is 1.29. The minimum atomic E-state index is 0.526. The van der Waals surface area contributed by atoms with E-state index in [0.29, 0.717) is 6.04 Å². The second-order valence-corrected chi connectivity index (χ2v) is 3.18. The average molecular weight is 186 g/mol. The lowest BCUT2D eigenvalue weighted by Crippen LogP contribution is -2.41. The van der Waals surface area contributed by atoms with Crippen LogP contribution in [-0.2, 0) is 4.74 Å². The number of nitrogens with one attached hydrogen (secondary N) is 1. The first-order valence-electron chi connectivity index (χ1n) is 4.74. The SMILES string of the molecule is C=CCN(CCOC)C(C)CNC. The number of likely N-dealkylation sites (N-methyl/N-ethyl adjacent to an activating group) is 1. The standard InChI is InChI=1S/C10H22N2O/c1-5-6-12(7-8-13-4)10(2)9-11-3/h5,10-11H,1,6-9H2,2-4H3. The van der Waals surface area contributed by atoms with Gasteiger partial charge in [0, 0.05) is 32.8 Å². The molecule has 13 heavy (non-hydrogen) atoms. The maximum atomic E-state index is 5.05. The quantitative estimate of drug-likeness (QED) is 0.566. The zero-order chi connectivity index (χ0) is 10.1. The van der Waals surface area contributed by atoms with E-state index in [9.17, 15) is 0 Å². The fraction of sp³-hybridized carbons (Fsp3) is 0.800. The Hall–Kier alpha value is -0.380. The number of hydrogen-bond donors (Lipinski definition) is 1. The molecule has 0 aliphatic heterocycles. The highest BCUT2D eigenvalue weighted by molar-refractivity contribution is 4.78. The molecule has 3 heteroatoms. The molecule has 0 saturated heterocycles. The molecule has 0 aromatic rings. The maximum absolute atomic E-state index is 5.05. The Morgan fingerprint density at radius 3 is 2.77 bits per heavy atom. The monoisotopic (exact) mass is 186 g/mol. The molecule has 0 spiro atoms. The molecule has 1 unspecified atom stereocenters. The van der Waals surface area contributed by atoms with E-state index in [1.54, 1.807) is 7.11 Å². The molecule has 3 nitrogen and oxygen atoms in total. The lowest BCUT2D eigenvalue weighted by atomic mass is 10.2. The Balaban J connectivity index is 3.82. The Morgan fingerprint density at radius 2 is 2.31 bits per heavy atom. The third-order valence-electron chi connectivity index (χ3n) is 2.07. The Bertz CT molecular complexity index is 128. The zero-order valence-corrected chi connectivity index (χ0v) is 9.05. The van der Waals surface area contributed by atoms with Crippen molar-refractivity contribution in [2.24, 2.45) is 0 Å². The lowest BCUT2D eigenvalue weighted by molar-refractivity contribution is 0.133. The molecule has 0 saturated carbocycles. The molecular formula is C10H22N2O. The van der Waals surface area contributed by atoms with Crippen LogP contribution in [0.25, 0.3) is 0 Å². The van der Waals surface area contributed by atoms with Crippen molar-refractivity contribution in [1.82, 2.24) is 10.2 Å². The van der Waals surface area contributed by atoms with Gasteiger partial charge in [-0.05, 0) is 14.0 Å². The second-order valence-electron chi connectivity index (χ2n) is 3.18. The van der Waals surface area contributed by atoms with Crippen molar-refractivity contribution in [2.75, 3.05) is 40.4 Å². The summed E-state index contributed by atoms with van der Waals surface area (Å²) in [5, 5.41) is 3.17. The second kappa shape index (κ2) is 8.23. The normalized spacial score (nSPS) is 13.2. The molecule has 0 aliphatic carbocycles. The molecule has 0 amide bonds. The number of nitrogens with zero attached hydrogens (tertiary/aromatic N) is 1. The van der Waals surface area contributed by atoms with E-state index in [2.05, 4.69) is 23.7 Å². The van der Waals surface area contributed by atoms with Crippen LogP contribution >= 0.6 is 0 Å². The van der Waals surface area contributed by atoms with Crippen LogP contribution in [-0.4, -0.2) is 51.3 Å². The predicted molar refractivity (Wildman–Crippen MR) is 57.0 cm³/mol. The van der Waals surface area contributed by atoms with Crippen molar-refractivity contribution < 1.29 is 4.74 Å². The summed E-state index contributed by atoms with van der Waals surface area (Å²) in [4.78, 5) is 2.34. The van der Waals surface area contributed by atoms with E-state index in [-0.39, 0.29) is 0 Å². The van der Waals surface area contributed by atoms with Crippen molar-refractivity contribution in [2.45, 2.75) is 13.0 Å². The van der Waals surface area contributed by atoms with Crippen molar-refractivity contribution in [3.8, 4) is 0 Å². The van der Waals surface area contributed by atoms with Crippen molar-refractivity contribution in [3.05, 3.63) is 12.7 Å². The number of hydrogen-bond acceptors (Lipinski definition) is 3. The van der Waals surface area contributed by atoms with Crippen LogP contribution in [0.1, 0.15) is 6.92 Å². The Morgan fingerprint density at radius 1 is 1.62 bits per heavy atom. The first-order chi connectivity index (χ1) is 6.26. The highest BCUT2D eigenvalue weighted by atomic mass is 16.5. The van der Waals surface area contributed by atoms with Gasteiger partial charge in [-0.15, -0.1) is 6.58 Å². The van der Waals surface area contributed by atoms with Gasteiger partial charge in [0.2, 0.25) is 0 Å². The van der Waals surface area contributed by atoms with Crippen LogP contribution in [0, 0.1) is 0 Å². The number of methoxy groups -OCH3 is 1. The smallest absolute Gasteiger partial charge is 0.0589 e. The van der Waals surface area contributed by atoms with E-state index in [4.69, 9.17) is 4.74 Å². The third kappa shape index (κ3) is 5.80. The van der Waals surface area contributed by atoms with Gasteiger partial charge in [-0.1, -0.05) is 6.08 Å². The number of rotatable bonds is 8. The molecule has 0 radical (unpaired) electrons. The minimum absolute atomic E-state index is 0.526. The van der Waals surface area contributed by atoms with Crippen LogP contribution in [0.15, 0.2) is 12.7 Å². The molecule has 0 aliphatic rings. The van der Waals surface area contributed by atoms with Crippen LogP contribution in [0.2, 0.25) is 0 Å². The summed E-state index contributed by atoms with van der Waals surface area (Å²) in [6, 6.07) is 0.526. The molecule has 0 fully saturated rings. The first kappa shape index (κ1) is 12.6. The van der Waals surface area contributed by atoms with Gasteiger partial charge in [0.25, 0.3) is 0 Å². The Labute approximate surface area is 81.8 Å². The third-order valence-corrected chi connectivity index (χ3v) is 2.07. The van der Waals surface area contributed by atoms with E-state index in [1.165, 1.54) is 0 Å². The summed E-state index contributed by atoms with van der Waals surface area (Å²) >= 11 is 0. The summed E-state index contributed by atoms with van der Waals surface area (Å²) < 4.78 is 5.05. The topological polar surface area (TPSA) is 24.5 Å². The zero-order valence-electron chi connectivity index (χ0n) is 9.05. The number of ether oxygens (including phenoxy) is 1. The van der Waals surface area contributed by atoms with Gasteiger partial charge in [0.1, 0.15) is 0 Å². The molecular weight excluding hydrogens is 164 g/mol. The van der Waals surface area contributed by atoms with Crippen LogP contribution in [0.5, 0.6) is 0 Å². The van der Waals surface area contributed by atoms with E-state index in [1.807, 2.05) is 13.1 Å². The van der Waals surface area contributed by atoms with Crippen molar-refractivity contribution in [1.29, 1.82) is 0 Å². The highest BCUT2D eigenvalue weighted by Crippen LogP contribution is 1.97. The molecule has 78 valence electrons. The summed E-state index contributed by atoms with van der Waals surface area (Å²) in [6.45, 7) is 9.62. The molecule has 1 N–H and O–H groups in total. The summed E-state index contributed by atoms with van der Waals surface area (Å²) in [5.74, 6) is 0. The molecule has 0 rings (SSSR count). The van der Waals surface area contributed by atoms with E-state index in [0.717, 1.165) is 26.2 Å². The predicted octanol–water partition coefficient (Wildman–Crippen LogP) is 0.729. The molecule has 0 bridgehead atoms. The van der Waals surface area contributed by atoms with Gasteiger partial charge in [-0.3, -0.25) is 4.90 Å². The average Bonchev–Trinajstić information content (AvgIpc) is 2.12. The van der Waals surface area contributed by atoms with Gasteiger partial charge in [-0.25, -0.2) is 0 Å². The largest absolute Gasteiger partial charge is 0.383 e. The summed E-state index contributed by atoms with van der Waals surface area (Å²) in [6.07, 6.45) is 1.93. The summed E-state index contributed by atoms with van der Waals surface area (Å²) in [5.41, 5.74) is 0.